The van der Waals surface area contributed by atoms with Crippen LogP contribution in [-0.2, 0) is 32.7 Å². The van der Waals surface area contributed by atoms with Crippen molar-refractivity contribution in [1.29, 1.82) is 0 Å². The van der Waals surface area contributed by atoms with Crippen LogP contribution >= 0.6 is 7.82 Å². The molecule has 0 aliphatic rings. The molecule has 0 spiro atoms. The molecule has 0 saturated heterocycles. The number of allylic oxidation sites excluding steroid dienone is 4. The second-order valence-corrected chi connectivity index (χ2v) is 14.6. The molecule has 0 aliphatic heterocycles. The van der Waals surface area contributed by atoms with E-state index in [4.69, 9.17) is 24.3 Å². The highest BCUT2D eigenvalue weighted by molar-refractivity contribution is 7.47. The number of ether oxygens (including phenoxy) is 2. The Bertz CT molecular complexity index is 866. The van der Waals surface area contributed by atoms with Crippen LogP contribution in [0.3, 0.4) is 0 Å². The zero-order valence-corrected chi connectivity index (χ0v) is 32.3. The van der Waals surface area contributed by atoms with Crippen LogP contribution in [0.4, 0.5) is 0 Å². The summed E-state index contributed by atoms with van der Waals surface area (Å²) >= 11 is 0. The van der Waals surface area contributed by atoms with Gasteiger partial charge in [0.05, 0.1) is 13.2 Å². The van der Waals surface area contributed by atoms with Gasteiger partial charge in [-0.15, -0.1) is 0 Å². The molecule has 0 aromatic rings. The lowest BCUT2D eigenvalue weighted by Gasteiger charge is -2.19. The molecule has 1 unspecified atom stereocenters. The number of phosphoric acid groups is 1. The van der Waals surface area contributed by atoms with Gasteiger partial charge in [0.1, 0.15) is 6.61 Å². The van der Waals surface area contributed by atoms with Gasteiger partial charge in [-0.25, -0.2) is 4.57 Å². The van der Waals surface area contributed by atoms with Crippen LogP contribution in [0, 0.1) is 0 Å². The Morgan fingerprint density at radius 3 is 1.53 bits per heavy atom. The molecule has 0 heterocycles. The normalized spacial score (nSPS) is 13.6. The number of hydrogen-bond donors (Lipinski definition) is 2. The van der Waals surface area contributed by atoms with Crippen LogP contribution in [0.1, 0.15) is 181 Å². The zero-order valence-electron chi connectivity index (χ0n) is 31.4. The Labute approximate surface area is 300 Å². The monoisotopic (exact) mass is 716 g/mol. The van der Waals surface area contributed by atoms with Gasteiger partial charge in [0.15, 0.2) is 6.10 Å². The van der Waals surface area contributed by atoms with Crippen molar-refractivity contribution in [3.05, 3.63) is 24.3 Å². The van der Waals surface area contributed by atoms with E-state index >= 15 is 0 Å². The van der Waals surface area contributed by atoms with Gasteiger partial charge in [-0.05, 0) is 57.8 Å². The minimum atomic E-state index is -4.37. The summed E-state index contributed by atoms with van der Waals surface area (Å²) < 4.78 is 32.7. The SMILES string of the molecule is CCCC/C=C/CCCCCCCCCCCC(=O)O[C@H](COC(=O)CCCCC/C=C/CCCCCCCC)COP(=O)(O)OCCN. The summed E-state index contributed by atoms with van der Waals surface area (Å²) in [4.78, 5) is 34.7. The molecule has 49 heavy (non-hydrogen) atoms. The Balaban J connectivity index is 4.22. The van der Waals surface area contributed by atoms with Crippen molar-refractivity contribution >= 4 is 19.8 Å². The number of unbranched alkanes of at least 4 members (excludes halogenated alkanes) is 20. The van der Waals surface area contributed by atoms with Crippen molar-refractivity contribution in [2.45, 2.75) is 187 Å². The quantitative estimate of drug-likeness (QED) is 0.0279. The summed E-state index contributed by atoms with van der Waals surface area (Å²) in [5.74, 6) is -0.848. The minimum Gasteiger partial charge on any atom is -0.462 e. The van der Waals surface area contributed by atoms with Crippen LogP contribution in [-0.4, -0.2) is 49.3 Å². The van der Waals surface area contributed by atoms with Crippen molar-refractivity contribution < 1.29 is 37.6 Å². The predicted molar refractivity (Wildman–Crippen MR) is 201 cm³/mol. The first-order chi connectivity index (χ1) is 23.8. The van der Waals surface area contributed by atoms with Crippen molar-refractivity contribution in [3.63, 3.8) is 0 Å². The molecular weight excluding hydrogens is 641 g/mol. The fourth-order valence-corrected chi connectivity index (χ4v) is 6.08. The average molecular weight is 716 g/mol. The highest BCUT2D eigenvalue weighted by atomic mass is 31.2. The van der Waals surface area contributed by atoms with Gasteiger partial charge >= 0.3 is 19.8 Å². The Morgan fingerprint density at radius 1 is 0.592 bits per heavy atom. The molecule has 3 N–H and O–H groups in total. The van der Waals surface area contributed by atoms with E-state index < -0.39 is 32.5 Å². The van der Waals surface area contributed by atoms with Gasteiger partial charge < -0.3 is 20.1 Å². The molecule has 0 fully saturated rings. The standard InChI is InChI=1S/C39H74NO8P/c1-3-5-7-9-11-13-15-17-18-20-22-24-26-28-30-32-39(42)48-37(36-47-49(43,44)46-34-33-40)35-45-38(41)31-29-27-25-23-21-19-16-14-12-10-8-6-4-2/h9,11,19,21,37H,3-8,10,12-18,20,22-36,40H2,1-2H3,(H,43,44)/b11-9+,21-19+/t37-/m1/s1. The summed E-state index contributed by atoms with van der Waals surface area (Å²) in [5.41, 5.74) is 5.33. The topological polar surface area (TPSA) is 134 Å². The molecular formula is C39H74NO8P. The molecule has 10 heteroatoms. The largest absolute Gasteiger partial charge is 0.472 e. The van der Waals surface area contributed by atoms with Crippen LogP contribution < -0.4 is 5.73 Å². The summed E-state index contributed by atoms with van der Waals surface area (Å²) in [6, 6.07) is 0. The second kappa shape index (κ2) is 36.3. The van der Waals surface area contributed by atoms with Gasteiger partial charge in [0.25, 0.3) is 0 Å². The van der Waals surface area contributed by atoms with Crippen LogP contribution in [0.15, 0.2) is 24.3 Å². The maximum atomic E-state index is 12.5. The first kappa shape index (κ1) is 47.5. The van der Waals surface area contributed by atoms with Crippen LogP contribution in [0.2, 0.25) is 0 Å². The molecule has 9 nitrogen and oxygen atoms in total. The number of hydrogen-bond acceptors (Lipinski definition) is 8. The predicted octanol–water partition coefficient (Wildman–Crippen LogP) is 10.8. The highest BCUT2D eigenvalue weighted by Crippen LogP contribution is 2.43. The number of carbonyl (C=O) groups excluding carboxylic acids is 2. The van der Waals surface area contributed by atoms with Gasteiger partial charge in [-0.3, -0.25) is 18.6 Å². The molecule has 288 valence electrons. The van der Waals surface area contributed by atoms with E-state index in [2.05, 4.69) is 38.2 Å². The average Bonchev–Trinajstić information content (AvgIpc) is 3.08. The Morgan fingerprint density at radius 2 is 1.02 bits per heavy atom. The van der Waals surface area contributed by atoms with E-state index in [1.165, 1.54) is 96.3 Å². The lowest BCUT2D eigenvalue weighted by atomic mass is 10.1. The van der Waals surface area contributed by atoms with E-state index in [-0.39, 0.29) is 32.6 Å². The van der Waals surface area contributed by atoms with Crippen LogP contribution in [0.5, 0.6) is 0 Å². The molecule has 0 amide bonds. The summed E-state index contributed by atoms with van der Waals surface area (Å²) in [6.07, 6.45) is 36.3. The lowest BCUT2D eigenvalue weighted by molar-refractivity contribution is -0.161. The fourth-order valence-electron chi connectivity index (χ4n) is 5.31. The third-order valence-corrected chi connectivity index (χ3v) is 9.29. The molecule has 0 bridgehead atoms. The fraction of sp³-hybridized carbons (Fsp3) is 0.846. The van der Waals surface area contributed by atoms with Crippen LogP contribution in [0.25, 0.3) is 0 Å². The van der Waals surface area contributed by atoms with Gasteiger partial charge in [-0.2, -0.15) is 0 Å². The maximum absolute atomic E-state index is 12.5. The van der Waals surface area contributed by atoms with E-state index in [1.54, 1.807) is 0 Å². The lowest BCUT2D eigenvalue weighted by Crippen LogP contribution is -2.29. The molecule has 0 aromatic heterocycles. The zero-order chi connectivity index (χ0) is 36.1. The first-order valence-electron chi connectivity index (χ1n) is 19.8. The van der Waals surface area contributed by atoms with E-state index in [0.717, 1.165) is 44.9 Å². The van der Waals surface area contributed by atoms with Crippen molar-refractivity contribution in [2.24, 2.45) is 5.73 Å². The summed E-state index contributed by atoms with van der Waals surface area (Å²) in [6.45, 7) is 3.67. The first-order valence-corrected chi connectivity index (χ1v) is 21.3. The number of rotatable bonds is 37. The Kier molecular flexibility index (Phi) is 35.2. The third-order valence-electron chi connectivity index (χ3n) is 8.31. The van der Waals surface area contributed by atoms with Gasteiger partial charge in [0.2, 0.25) is 0 Å². The second-order valence-electron chi connectivity index (χ2n) is 13.1. The number of phosphoric ester groups is 1. The molecule has 0 aliphatic carbocycles. The number of carbonyl (C=O) groups is 2. The summed E-state index contributed by atoms with van der Waals surface area (Å²) in [5, 5.41) is 0. The van der Waals surface area contributed by atoms with Crippen molar-refractivity contribution in [1.82, 2.24) is 0 Å². The van der Waals surface area contributed by atoms with Crippen molar-refractivity contribution in [3.8, 4) is 0 Å². The van der Waals surface area contributed by atoms with E-state index in [9.17, 15) is 19.0 Å². The number of nitrogens with two attached hydrogens (primary N) is 1. The number of esters is 2. The van der Waals surface area contributed by atoms with E-state index in [1.807, 2.05) is 0 Å². The highest BCUT2D eigenvalue weighted by Gasteiger charge is 2.25. The minimum absolute atomic E-state index is 0.0521. The smallest absolute Gasteiger partial charge is 0.462 e. The Hall–Kier alpha value is -1.51. The van der Waals surface area contributed by atoms with E-state index in [0.29, 0.717) is 12.8 Å². The molecule has 2 atom stereocenters. The van der Waals surface area contributed by atoms with Crippen molar-refractivity contribution in [2.75, 3.05) is 26.4 Å². The third kappa shape index (κ3) is 36.1. The summed E-state index contributed by atoms with van der Waals surface area (Å²) in [7, 11) is -4.37. The maximum Gasteiger partial charge on any atom is 0.472 e. The molecule has 0 saturated carbocycles. The van der Waals surface area contributed by atoms with Gasteiger partial charge in [-0.1, -0.05) is 134 Å². The molecule has 0 rings (SSSR count). The molecule has 0 aromatic carbocycles. The van der Waals surface area contributed by atoms with Gasteiger partial charge in [0, 0.05) is 19.4 Å². The molecule has 0 radical (unpaired) electrons.